The van der Waals surface area contributed by atoms with E-state index in [-0.39, 0.29) is 0 Å². The molecule has 0 bridgehead atoms. The lowest BCUT2D eigenvalue weighted by molar-refractivity contribution is 0.836. The van der Waals surface area contributed by atoms with Crippen LogP contribution in [0.3, 0.4) is 0 Å². The number of rotatable bonds is 2. The first kappa shape index (κ1) is 10.6. The second-order valence-electron chi connectivity index (χ2n) is 3.86. The third-order valence-corrected chi connectivity index (χ3v) is 2.47. The van der Waals surface area contributed by atoms with E-state index in [2.05, 4.69) is 20.1 Å². The maximum Gasteiger partial charge on any atom is 0.180 e. The van der Waals surface area contributed by atoms with Crippen LogP contribution < -0.4 is 0 Å². The second kappa shape index (κ2) is 4.37. The van der Waals surface area contributed by atoms with E-state index in [1.807, 2.05) is 43.5 Å². The van der Waals surface area contributed by atoms with E-state index in [1.165, 1.54) is 0 Å². The number of hydrogen-bond acceptors (Lipinski definition) is 4. The van der Waals surface area contributed by atoms with Gasteiger partial charge in [0.25, 0.3) is 0 Å². The zero-order chi connectivity index (χ0) is 12.4. The quantitative estimate of drug-likeness (QED) is 0.684. The maximum absolute atomic E-state index is 4.47. The van der Waals surface area contributed by atoms with Gasteiger partial charge in [-0.2, -0.15) is 5.10 Å². The molecule has 0 unspecified atom stereocenters. The van der Waals surface area contributed by atoms with Gasteiger partial charge in [0.05, 0.1) is 0 Å². The molecule has 3 heterocycles. The topological polar surface area (TPSA) is 56.5 Å². The van der Waals surface area contributed by atoms with Gasteiger partial charge < -0.3 is 0 Å². The van der Waals surface area contributed by atoms with E-state index in [1.54, 1.807) is 17.1 Å². The number of hydrogen-bond donors (Lipinski definition) is 0. The second-order valence-corrected chi connectivity index (χ2v) is 3.86. The lowest BCUT2D eigenvalue weighted by Crippen LogP contribution is -2.02. The average molecular weight is 237 g/mol. The van der Waals surface area contributed by atoms with E-state index in [0.29, 0.717) is 5.82 Å². The summed E-state index contributed by atoms with van der Waals surface area (Å²) in [7, 11) is 0. The Labute approximate surface area is 104 Å². The van der Waals surface area contributed by atoms with Crippen molar-refractivity contribution in [2.45, 2.75) is 6.92 Å². The normalized spacial score (nSPS) is 10.5. The fourth-order valence-electron chi connectivity index (χ4n) is 1.68. The Hall–Kier alpha value is -2.56. The lowest BCUT2D eigenvalue weighted by atomic mass is 10.3. The van der Waals surface area contributed by atoms with Crippen LogP contribution >= 0.6 is 0 Å². The molecule has 0 radical (unpaired) electrons. The van der Waals surface area contributed by atoms with Gasteiger partial charge in [0, 0.05) is 30.4 Å². The summed E-state index contributed by atoms with van der Waals surface area (Å²) in [5, 5.41) is 4.17. The molecule has 5 nitrogen and oxygen atoms in total. The summed E-state index contributed by atoms with van der Waals surface area (Å²) in [6.07, 6.45) is 5.30. The number of aromatic nitrogens is 5. The van der Waals surface area contributed by atoms with Crippen LogP contribution in [0.25, 0.3) is 17.3 Å². The molecule has 3 aromatic heterocycles. The van der Waals surface area contributed by atoms with Crippen LogP contribution in [0.5, 0.6) is 0 Å². The molecular formula is C13H11N5. The lowest BCUT2D eigenvalue weighted by Gasteiger charge is -2.05. The van der Waals surface area contributed by atoms with Crippen LogP contribution in [0, 0.1) is 6.92 Å². The monoisotopic (exact) mass is 237 g/mol. The summed E-state index contributed by atoms with van der Waals surface area (Å²) >= 11 is 0. The summed E-state index contributed by atoms with van der Waals surface area (Å²) in [5.74, 6) is 1.36. The van der Waals surface area contributed by atoms with Crippen LogP contribution in [0.1, 0.15) is 5.69 Å². The molecule has 0 aromatic carbocycles. The Morgan fingerprint density at radius 1 is 1.06 bits per heavy atom. The van der Waals surface area contributed by atoms with Crippen molar-refractivity contribution in [3.8, 4) is 17.3 Å². The van der Waals surface area contributed by atoms with Gasteiger partial charge in [0.1, 0.15) is 5.69 Å². The highest BCUT2D eigenvalue weighted by molar-refractivity contribution is 5.50. The summed E-state index contributed by atoms with van der Waals surface area (Å²) in [4.78, 5) is 13.1. The first-order chi connectivity index (χ1) is 8.83. The van der Waals surface area contributed by atoms with Crippen molar-refractivity contribution in [3.05, 3.63) is 54.6 Å². The molecule has 3 aromatic rings. The predicted molar refractivity (Wildman–Crippen MR) is 67.1 cm³/mol. The van der Waals surface area contributed by atoms with E-state index in [4.69, 9.17) is 0 Å². The van der Waals surface area contributed by atoms with Crippen LogP contribution in [0.4, 0.5) is 0 Å². The average Bonchev–Trinajstić information content (AvgIpc) is 2.93. The summed E-state index contributed by atoms with van der Waals surface area (Å²) in [5.41, 5.74) is 1.64. The SMILES string of the molecule is Cc1cc(-n2cccn2)nc(-c2ccccn2)n1. The standard InChI is InChI=1S/C13H11N5/c1-10-9-12(18-8-4-7-15-18)17-13(16-10)11-5-2-3-6-14-11/h2-9H,1H3. The minimum Gasteiger partial charge on any atom is -0.253 e. The molecule has 5 heteroatoms. The molecular weight excluding hydrogens is 226 g/mol. The smallest absolute Gasteiger partial charge is 0.180 e. The molecule has 0 aliphatic heterocycles. The molecule has 3 rings (SSSR count). The van der Waals surface area contributed by atoms with Gasteiger partial charge in [-0.3, -0.25) is 4.98 Å². The van der Waals surface area contributed by atoms with Crippen molar-refractivity contribution in [3.63, 3.8) is 0 Å². The van der Waals surface area contributed by atoms with Gasteiger partial charge in [0.2, 0.25) is 0 Å². The zero-order valence-electron chi connectivity index (χ0n) is 9.85. The Morgan fingerprint density at radius 2 is 2.00 bits per heavy atom. The molecule has 0 atom stereocenters. The molecule has 18 heavy (non-hydrogen) atoms. The van der Waals surface area contributed by atoms with Crippen molar-refractivity contribution in [2.75, 3.05) is 0 Å². The number of aryl methyl sites for hydroxylation is 1. The molecule has 0 amide bonds. The van der Waals surface area contributed by atoms with Crippen molar-refractivity contribution in [1.29, 1.82) is 0 Å². The Morgan fingerprint density at radius 3 is 2.72 bits per heavy atom. The molecule has 0 N–H and O–H groups in total. The van der Waals surface area contributed by atoms with Gasteiger partial charge in [-0.05, 0) is 25.1 Å². The maximum atomic E-state index is 4.47. The van der Waals surface area contributed by atoms with Gasteiger partial charge in [-0.15, -0.1) is 0 Å². The van der Waals surface area contributed by atoms with Crippen molar-refractivity contribution in [1.82, 2.24) is 24.7 Å². The Balaban J connectivity index is 2.12. The van der Waals surface area contributed by atoms with E-state index >= 15 is 0 Å². The highest BCUT2D eigenvalue weighted by Gasteiger charge is 2.07. The fourth-order valence-corrected chi connectivity index (χ4v) is 1.68. The van der Waals surface area contributed by atoms with E-state index < -0.39 is 0 Å². The van der Waals surface area contributed by atoms with Crippen LogP contribution in [-0.2, 0) is 0 Å². The van der Waals surface area contributed by atoms with Crippen LogP contribution in [0.2, 0.25) is 0 Å². The predicted octanol–water partition coefficient (Wildman–Crippen LogP) is 2.03. The fraction of sp³-hybridized carbons (Fsp3) is 0.0769. The van der Waals surface area contributed by atoms with Gasteiger partial charge in [-0.1, -0.05) is 6.07 Å². The highest BCUT2D eigenvalue weighted by Crippen LogP contribution is 2.14. The third kappa shape index (κ3) is 1.98. The molecule has 0 fully saturated rings. The van der Waals surface area contributed by atoms with E-state index in [9.17, 15) is 0 Å². The summed E-state index contributed by atoms with van der Waals surface area (Å²) in [6.45, 7) is 1.93. The summed E-state index contributed by atoms with van der Waals surface area (Å²) in [6, 6.07) is 9.42. The van der Waals surface area contributed by atoms with Crippen LogP contribution in [-0.4, -0.2) is 24.7 Å². The van der Waals surface area contributed by atoms with Crippen LogP contribution in [0.15, 0.2) is 48.9 Å². The van der Waals surface area contributed by atoms with E-state index in [0.717, 1.165) is 17.2 Å². The van der Waals surface area contributed by atoms with Crippen molar-refractivity contribution >= 4 is 0 Å². The van der Waals surface area contributed by atoms with Gasteiger partial charge in [-0.25, -0.2) is 14.6 Å². The molecule has 0 spiro atoms. The van der Waals surface area contributed by atoms with Gasteiger partial charge >= 0.3 is 0 Å². The van der Waals surface area contributed by atoms with Crippen molar-refractivity contribution in [2.24, 2.45) is 0 Å². The Bertz CT molecular complexity index is 646. The first-order valence-electron chi connectivity index (χ1n) is 5.60. The number of nitrogens with zero attached hydrogens (tertiary/aromatic N) is 5. The molecule has 0 aliphatic rings. The summed E-state index contributed by atoms with van der Waals surface area (Å²) < 4.78 is 1.71. The van der Waals surface area contributed by atoms with Crippen molar-refractivity contribution < 1.29 is 0 Å². The molecule has 0 saturated carbocycles. The largest absolute Gasteiger partial charge is 0.253 e. The zero-order valence-corrected chi connectivity index (χ0v) is 9.85. The molecule has 88 valence electrons. The molecule has 0 aliphatic carbocycles. The first-order valence-corrected chi connectivity index (χ1v) is 5.60. The highest BCUT2D eigenvalue weighted by atomic mass is 15.3. The minimum absolute atomic E-state index is 0.612. The van der Waals surface area contributed by atoms with Gasteiger partial charge in [0.15, 0.2) is 11.6 Å². The number of pyridine rings is 1. The minimum atomic E-state index is 0.612. The third-order valence-electron chi connectivity index (χ3n) is 2.47. The Kier molecular flexibility index (Phi) is 2.57. The molecule has 0 saturated heterocycles.